The van der Waals surface area contributed by atoms with Crippen LogP contribution in [0.2, 0.25) is 0 Å². The first kappa shape index (κ1) is 27.0. The first-order valence-corrected chi connectivity index (χ1v) is 12.0. The second-order valence-corrected chi connectivity index (χ2v) is 9.83. The van der Waals surface area contributed by atoms with Crippen molar-refractivity contribution in [2.24, 2.45) is 5.41 Å². The molecule has 0 aliphatic heterocycles. The number of fused-ring (bicyclic) bond motifs is 1. The molecule has 0 amide bonds. The highest BCUT2D eigenvalue weighted by atomic mass is 19.1. The Bertz CT molecular complexity index is 1290. The van der Waals surface area contributed by atoms with E-state index in [1.165, 1.54) is 17.8 Å². The Kier molecular flexibility index (Phi) is 8.53. The van der Waals surface area contributed by atoms with Gasteiger partial charge in [0, 0.05) is 28.2 Å². The standard InChI is InChI=1S/C30H35F2N3O/c1-7-20(25(18-33-9-3)35-29(36)27-22(31)13-11-14-23(27)32)28-21(8-2)26-19(16-17-30(4,5)6)12-10-15-24(26)34-28/h7-15,18,29,33-36H,2-3,16-17H2,1,4-6H3/b20-7-,25-18+. The average molecular weight is 492 g/mol. The zero-order valence-corrected chi connectivity index (χ0v) is 21.4. The van der Waals surface area contributed by atoms with Gasteiger partial charge in [-0.3, -0.25) is 0 Å². The van der Waals surface area contributed by atoms with Gasteiger partial charge in [0.1, 0.15) is 11.6 Å². The molecular weight excluding hydrogens is 456 g/mol. The van der Waals surface area contributed by atoms with Crippen LogP contribution in [0.1, 0.15) is 62.7 Å². The number of allylic oxidation sites excluding steroid dienone is 2. The maximum atomic E-state index is 14.3. The molecule has 0 aliphatic rings. The monoisotopic (exact) mass is 491 g/mol. The van der Waals surface area contributed by atoms with Crippen molar-refractivity contribution in [3.05, 3.63) is 108 Å². The number of aliphatic hydroxyl groups is 1. The molecule has 0 fully saturated rings. The molecule has 0 spiro atoms. The van der Waals surface area contributed by atoms with E-state index >= 15 is 0 Å². The molecule has 2 aromatic carbocycles. The van der Waals surface area contributed by atoms with E-state index < -0.39 is 23.4 Å². The number of nitrogens with one attached hydrogen (secondary N) is 3. The predicted octanol–water partition coefficient (Wildman–Crippen LogP) is 7.33. The Hall–Kier alpha value is -3.64. The molecule has 3 rings (SSSR count). The zero-order chi connectivity index (χ0) is 26.5. The highest BCUT2D eigenvalue weighted by molar-refractivity contribution is 5.98. The zero-order valence-electron chi connectivity index (χ0n) is 21.4. The van der Waals surface area contributed by atoms with Crippen molar-refractivity contribution in [1.82, 2.24) is 15.6 Å². The van der Waals surface area contributed by atoms with Crippen molar-refractivity contribution < 1.29 is 13.9 Å². The van der Waals surface area contributed by atoms with Crippen LogP contribution in [0, 0.1) is 17.0 Å². The van der Waals surface area contributed by atoms with E-state index in [1.54, 1.807) is 6.20 Å². The van der Waals surface area contributed by atoms with Crippen LogP contribution >= 0.6 is 0 Å². The van der Waals surface area contributed by atoms with Gasteiger partial charge in [-0.1, -0.05) is 64.3 Å². The van der Waals surface area contributed by atoms with Crippen LogP contribution in [-0.2, 0) is 6.42 Å². The van der Waals surface area contributed by atoms with Gasteiger partial charge in [0.05, 0.1) is 17.0 Å². The molecular formula is C30H35F2N3O. The van der Waals surface area contributed by atoms with Crippen molar-refractivity contribution >= 4 is 22.6 Å². The number of H-pyrrole nitrogens is 1. The predicted molar refractivity (Wildman–Crippen MR) is 146 cm³/mol. The summed E-state index contributed by atoms with van der Waals surface area (Å²) in [5.41, 5.74) is 4.71. The number of benzene rings is 2. The Labute approximate surface area is 212 Å². The molecule has 1 heterocycles. The number of aryl methyl sites for hydroxylation is 1. The third-order valence-corrected chi connectivity index (χ3v) is 6.06. The summed E-state index contributed by atoms with van der Waals surface area (Å²) in [5, 5.41) is 17.6. The quantitative estimate of drug-likeness (QED) is 0.177. The SMILES string of the molecule is C=CN/C=C(NC(O)c1c(F)cccc1F)\C(=C\C)c1[nH]c2cccc(CCC(C)(C)C)c2c1C=C. The van der Waals surface area contributed by atoms with Crippen LogP contribution in [0.25, 0.3) is 22.6 Å². The molecule has 4 N–H and O–H groups in total. The summed E-state index contributed by atoms with van der Waals surface area (Å²) < 4.78 is 28.7. The molecule has 0 bridgehead atoms. The van der Waals surface area contributed by atoms with Crippen LogP contribution in [0.15, 0.2) is 73.7 Å². The molecule has 1 aromatic heterocycles. The lowest BCUT2D eigenvalue weighted by molar-refractivity contribution is 0.144. The highest BCUT2D eigenvalue weighted by Gasteiger charge is 2.23. The normalized spacial score (nSPS) is 13.5. The van der Waals surface area contributed by atoms with E-state index in [-0.39, 0.29) is 5.41 Å². The van der Waals surface area contributed by atoms with Gasteiger partial charge in [-0.15, -0.1) is 0 Å². The topological polar surface area (TPSA) is 60.1 Å². The molecule has 1 unspecified atom stereocenters. The molecule has 0 aliphatic carbocycles. The largest absolute Gasteiger partial charge is 0.369 e. The highest BCUT2D eigenvalue weighted by Crippen LogP contribution is 2.35. The fourth-order valence-corrected chi connectivity index (χ4v) is 4.25. The van der Waals surface area contributed by atoms with Crippen LogP contribution in [0.5, 0.6) is 0 Å². The number of hydrogen-bond donors (Lipinski definition) is 4. The van der Waals surface area contributed by atoms with Gasteiger partial charge in [-0.2, -0.15) is 0 Å². The van der Waals surface area contributed by atoms with Crippen LogP contribution in [-0.4, -0.2) is 10.1 Å². The second-order valence-electron chi connectivity index (χ2n) is 9.83. The summed E-state index contributed by atoms with van der Waals surface area (Å²) in [6.07, 6.45) is 7.03. The number of hydrogen-bond acceptors (Lipinski definition) is 3. The molecule has 6 heteroatoms. The fraction of sp³-hybridized carbons (Fsp3) is 0.267. The van der Waals surface area contributed by atoms with Crippen LogP contribution < -0.4 is 10.6 Å². The lowest BCUT2D eigenvalue weighted by Gasteiger charge is -2.21. The van der Waals surface area contributed by atoms with Crippen LogP contribution in [0.3, 0.4) is 0 Å². The Balaban J connectivity index is 2.09. The van der Waals surface area contributed by atoms with Crippen LogP contribution in [0.4, 0.5) is 8.78 Å². The molecule has 0 radical (unpaired) electrons. The summed E-state index contributed by atoms with van der Waals surface area (Å²) in [7, 11) is 0. The van der Waals surface area contributed by atoms with E-state index in [4.69, 9.17) is 0 Å². The Morgan fingerprint density at radius 3 is 2.36 bits per heavy atom. The van der Waals surface area contributed by atoms with Gasteiger partial charge >= 0.3 is 0 Å². The molecule has 0 saturated carbocycles. The summed E-state index contributed by atoms with van der Waals surface area (Å²) in [6, 6.07) is 9.65. The first-order valence-electron chi connectivity index (χ1n) is 12.0. The van der Waals surface area contributed by atoms with Crippen molar-refractivity contribution in [1.29, 1.82) is 0 Å². The average Bonchev–Trinajstić information content (AvgIpc) is 3.19. The summed E-state index contributed by atoms with van der Waals surface area (Å²) in [6.45, 7) is 16.3. The number of aromatic amines is 1. The molecule has 190 valence electrons. The lowest BCUT2D eigenvalue weighted by Crippen LogP contribution is -2.24. The number of aromatic nitrogens is 1. The first-order chi connectivity index (χ1) is 17.1. The summed E-state index contributed by atoms with van der Waals surface area (Å²) >= 11 is 0. The van der Waals surface area contributed by atoms with E-state index in [2.05, 4.69) is 55.6 Å². The smallest absolute Gasteiger partial charge is 0.156 e. The number of halogens is 2. The van der Waals surface area contributed by atoms with Gasteiger partial charge < -0.3 is 20.7 Å². The van der Waals surface area contributed by atoms with Gasteiger partial charge in [0.25, 0.3) is 0 Å². The Morgan fingerprint density at radius 2 is 1.78 bits per heavy atom. The molecule has 3 aromatic rings. The third-order valence-electron chi connectivity index (χ3n) is 6.06. The van der Waals surface area contributed by atoms with E-state index in [0.29, 0.717) is 11.3 Å². The van der Waals surface area contributed by atoms with E-state index in [1.807, 2.05) is 31.2 Å². The van der Waals surface area contributed by atoms with Gasteiger partial charge in [-0.25, -0.2) is 8.78 Å². The number of rotatable bonds is 10. The minimum absolute atomic E-state index is 0.193. The minimum Gasteiger partial charge on any atom is -0.369 e. The van der Waals surface area contributed by atoms with Gasteiger partial charge in [0.2, 0.25) is 0 Å². The van der Waals surface area contributed by atoms with E-state index in [0.717, 1.165) is 47.1 Å². The van der Waals surface area contributed by atoms with Crippen molar-refractivity contribution in [3.63, 3.8) is 0 Å². The lowest BCUT2D eigenvalue weighted by atomic mass is 9.87. The maximum absolute atomic E-state index is 14.3. The molecule has 36 heavy (non-hydrogen) atoms. The van der Waals surface area contributed by atoms with Crippen molar-refractivity contribution in [2.75, 3.05) is 0 Å². The second kappa shape index (κ2) is 11.4. The van der Waals surface area contributed by atoms with Gasteiger partial charge in [0.15, 0.2) is 6.23 Å². The minimum atomic E-state index is -1.63. The van der Waals surface area contributed by atoms with Crippen molar-refractivity contribution in [2.45, 2.75) is 46.8 Å². The number of aliphatic hydroxyl groups excluding tert-OH is 1. The van der Waals surface area contributed by atoms with Gasteiger partial charge in [-0.05, 0) is 55.1 Å². The van der Waals surface area contributed by atoms with E-state index in [9.17, 15) is 13.9 Å². The summed E-state index contributed by atoms with van der Waals surface area (Å²) in [4.78, 5) is 3.49. The summed E-state index contributed by atoms with van der Waals surface area (Å²) in [5.74, 6) is -1.68. The fourth-order valence-electron chi connectivity index (χ4n) is 4.25. The Morgan fingerprint density at radius 1 is 1.11 bits per heavy atom. The van der Waals surface area contributed by atoms with Crippen molar-refractivity contribution in [3.8, 4) is 0 Å². The molecule has 0 saturated heterocycles. The maximum Gasteiger partial charge on any atom is 0.156 e. The molecule has 4 nitrogen and oxygen atoms in total. The third kappa shape index (κ3) is 5.94. The molecule has 1 atom stereocenters.